The van der Waals surface area contributed by atoms with Gasteiger partial charge in [0.2, 0.25) is 5.91 Å². The van der Waals surface area contributed by atoms with Crippen LogP contribution in [0, 0.1) is 5.92 Å². The van der Waals surface area contributed by atoms with E-state index in [-0.39, 0.29) is 17.8 Å². The number of carboxylic acid groups (broad SMARTS) is 2. The molecule has 1 saturated heterocycles. The Hall–Kier alpha value is -3.34. The molecule has 11 heteroatoms. The van der Waals surface area contributed by atoms with Crippen LogP contribution in [0.5, 0.6) is 11.5 Å². The Morgan fingerprint density at radius 2 is 1.69 bits per heavy atom. The number of rotatable bonds is 8. The highest BCUT2D eigenvalue weighted by Crippen LogP contribution is 2.29. The first-order valence-corrected chi connectivity index (χ1v) is 10.1. The number of ether oxygens (including phenoxy) is 3. The Kier molecular flexibility index (Phi) is 11.6. The molecule has 0 radical (unpaired) electrons. The number of carbonyl (C=O) groups is 4. The third kappa shape index (κ3) is 9.21. The lowest BCUT2D eigenvalue weighted by Gasteiger charge is -2.30. The number of hydrogen-bond donors (Lipinski definition) is 3. The molecule has 0 atom stereocenters. The molecule has 32 heavy (non-hydrogen) atoms. The Morgan fingerprint density at radius 3 is 2.19 bits per heavy atom. The van der Waals surface area contributed by atoms with Crippen molar-refractivity contribution in [3.8, 4) is 11.5 Å². The average molecular weight is 454 g/mol. The lowest BCUT2D eigenvalue weighted by Crippen LogP contribution is -2.38. The Morgan fingerprint density at radius 1 is 1.06 bits per heavy atom. The number of likely N-dealkylation sites (tertiary alicyclic amines) is 1. The van der Waals surface area contributed by atoms with Gasteiger partial charge in [-0.15, -0.1) is 0 Å². The van der Waals surface area contributed by atoms with Crippen LogP contribution < -0.4 is 14.8 Å². The molecule has 1 heterocycles. The van der Waals surface area contributed by atoms with Crippen molar-refractivity contribution in [2.75, 3.05) is 45.8 Å². The molecule has 0 aromatic heterocycles. The van der Waals surface area contributed by atoms with Gasteiger partial charge in [-0.05, 0) is 45.0 Å². The monoisotopic (exact) mass is 454 g/mol. The van der Waals surface area contributed by atoms with Gasteiger partial charge in [0.05, 0.1) is 32.4 Å². The van der Waals surface area contributed by atoms with E-state index in [1.807, 2.05) is 6.92 Å². The maximum atomic E-state index is 12.3. The summed E-state index contributed by atoms with van der Waals surface area (Å²) >= 11 is 0. The maximum Gasteiger partial charge on any atom is 0.414 e. The molecule has 1 fully saturated rings. The lowest BCUT2D eigenvalue weighted by atomic mass is 9.97. The van der Waals surface area contributed by atoms with Crippen LogP contribution in [0.15, 0.2) is 18.2 Å². The fraction of sp³-hybridized carbons (Fsp3) is 0.524. The Balaban J connectivity index is 0.000000751. The van der Waals surface area contributed by atoms with Crippen LogP contribution in [0.1, 0.15) is 26.2 Å². The highest BCUT2D eigenvalue weighted by molar-refractivity contribution is 6.27. The number of carbonyl (C=O) groups excluding carboxylic acids is 2. The maximum absolute atomic E-state index is 12.3. The topological polar surface area (TPSA) is 152 Å². The largest absolute Gasteiger partial charge is 0.497 e. The van der Waals surface area contributed by atoms with E-state index >= 15 is 0 Å². The molecule has 0 unspecified atom stereocenters. The third-order valence-electron chi connectivity index (χ3n) is 4.73. The number of anilines is 1. The minimum absolute atomic E-state index is 0.0129. The van der Waals surface area contributed by atoms with Crippen LogP contribution in [-0.4, -0.2) is 79.4 Å². The van der Waals surface area contributed by atoms with Gasteiger partial charge in [-0.25, -0.2) is 9.59 Å². The first kappa shape index (κ1) is 26.7. The van der Waals surface area contributed by atoms with Crippen molar-refractivity contribution in [2.24, 2.45) is 5.92 Å². The van der Waals surface area contributed by atoms with Crippen LogP contribution in [-0.2, 0) is 23.9 Å². The summed E-state index contributed by atoms with van der Waals surface area (Å²) in [7, 11) is 3.14. The van der Waals surface area contributed by atoms with E-state index in [0.29, 0.717) is 36.8 Å². The van der Waals surface area contributed by atoms with Crippen molar-refractivity contribution in [1.82, 2.24) is 4.90 Å². The minimum atomic E-state index is -1.82. The van der Waals surface area contributed by atoms with Crippen LogP contribution in [0.25, 0.3) is 0 Å². The number of amides is 1. The molecule has 3 N–H and O–H groups in total. The number of methoxy groups -OCH3 is 2. The minimum Gasteiger partial charge on any atom is -0.497 e. The lowest BCUT2D eigenvalue weighted by molar-refractivity contribution is -0.159. The van der Waals surface area contributed by atoms with Crippen molar-refractivity contribution in [1.29, 1.82) is 0 Å². The first-order valence-electron chi connectivity index (χ1n) is 10.1. The molecule has 0 aliphatic carbocycles. The van der Waals surface area contributed by atoms with E-state index in [2.05, 4.69) is 10.2 Å². The van der Waals surface area contributed by atoms with Crippen LogP contribution >= 0.6 is 0 Å². The molecule has 0 spiro atoms. The second-order valence-corrected chi connectivity index (χ2v) is 6.84. The predicted molar refractivity (Wildman–Crippen MR) is 114 cm³/mol. The molecule has 11 nitrogen and oxygen atoms in total. The van der Waals surface area contributed by atoms with Crippen LogP contribution in [0.2, 0.25) is 0 Å². The van der Waals surface area contributed by atoms with Gasteiger partial charge >= 0.3 is 17.9 Å². The second-order valence-electron chi connectivity index (χ2n) is 6.84. The van der Waals surface area contributed by atoms with E-state index in [1.165, 1.54) is 0 Å². The number of benzene rings is 1. The van der Waals surface area contributed by atoms with Crippen LogP contribution in [0.3, 0.4) is 0 Å². The van der Waals surface area contributed by atoms with Crippen molar-refractivity contribution in [2.45, 2.75) is 26.2 Å². The molecule has 0 saturated carbocycles. The number of nitrogens with zero attached hydrogens (tertiary/aromatic N) is 1. The second kappa shape index (κ2) is 13.9. The fourth-order valence-electron chi connectivity index (χ4n) is 3.04. The molecular formula is C21H30N2O9. The number of carboxylic acids is 2. The molecule has 1 aliphatic heterocycles. The molecule has 1 amide bonds. The zero-order chi connectivity index (χ0) is 24.1. The summed E-state index contributed by atoms with van der Waals surface area (Å²) in [5.41, 5.74) is 0.595. The SMILES string of the molecule is CCOC(=O)C1CCN(CCC(=O)Nc2cc(OC)ccc2OC)CC1.O=C(O)C(=O)O. The van der Waals surface area contributed by atoms with Gasteiger partial charge in [-0.1, -0.05) is 0 Å². The zero-order valence-electron chi connectivity index (χ0n) is 18.5. The molecule has 1 aromatic rings. The summed E-state index contributed by atoms with van der Waals surface area (Å²) in [6, 6.07) is 5.28. The number of piperidine rings is 1. The van der Waals surface area contributed by atoms with Gasteiger partial charge in [0.25, 0.3) is 0 Å². The van der Waals surface area contributed by atoms with E-state index in [1.54, 1.807) is 32.4 Å². The quantitative estimate of drug-likeness (QED) is 0.389. The molecule has 178 valence electrons. The van der Waals surface area contributed by atoms with Gasteiger partial charge in [0, 0.05) is 19.0 Å². The molecular weight excluding hydrogens is 424 g/mol. The molecule has 1 aromatic carbocycles. The van der Waals surface area contributed by atoms with Gasteiger partial charge in [0.1, 0.15) is 11.5 Å². The van der Waals surface area contributed by atoms with E-state index in [9.17, 15) is 9.59 Å². The van der Waals surface area contributed by atoms with Gasteiger partial charge in [-0.2, -0.15) is 0 Å². The first-order chi connectivity index (χ1) is 15.2. The Labute approximate surface area is 186 Å². The molecule has 2 rings (SSSR count). The summed E-state index contributed by atoms with van der Waals surface area (Å²) < 4.78 is 15.5. The highest BCUT2D eigenvalue weighted by atomic mass is 16.5. The Bertz CT molecular complexity index is 777. The smallest absolute Gasteiger partial charge is 0.414 e. The summed E-state index contributed by atoms with van der Waals surface area (Å²) in [6.07, 6.45) is 1.94. The van der Waals surface area contributed by atoms with Gasteiger partial charge < -0.3 is 34.6 Å². The van der Waals surface area contributed by atoms with Gasteiger partial charge in [0.15, 0.2) is 0 Å². The summed E-state index contributed by atoms with van der Waals surface area (Å²) in [5, 5.41) is 17.7. The summed E-state index contributed by atoms with van der Waals surface area (Å²) in [4.78, 5) is 44.4. The van der Waals surface area contributed by atoms with Crippen molar-refractivity contribution < 1.29 is 43.6 Å². The standard InChI is InChI=1S/C19H28N2O5.C2H2O4/c1-4-26-19(23)14-7-10-21(11-8-14)12-9-18(22)20-16-13-15(24-2)5-6-17(16)25-3;3-1(4)2(5)6/h5-6,13-14H,4,7-12H2,1-3H3,(H,20,22);(H,3,4)(H,5,6). The summed E-state index contributed by atoms with van der Waals surface area (Å²) in [6.45, 7) is 4.52. The van der Waals surface area contributed by atoms with E-state index in [0.717, 1.165) is 25.9 Å². The van der Waals surface area contributed by atoms with E-state index < -0.39 is 11.9 Å². The van der Waals surface area contributed by atoms with Crippen molar-refractivity contribution >= 4 is 29.5 Å². The van der Waals surface area contributed by atoms with Crippen molar-refractivity contribution in [3.63, 3.8) is 0 Å². The molecule has 1 aliphatic rings. The number of nitrogens with one attached hydrogen (secondary N) is 1. The molecule has 0 bridgehead atoms. The summed E-state index contributed by atoms with van der Waals surface area (Å²) in [5.74, 6) is -2.60. The van der Waals surface area contributed by atoms with Crippen LogP contribution in [0.4, 0.5) is 5.69 Å². The van der Waals surface area contributed by atoms with E-state index in [4.69, 9.17) is 34.0 Å². The number of hydrogen-bond acceptors (Lipinski definition) is 8. The highest BCUT2D eigenvalue weighted by Gasteiger charge is 2.26. The van der Waals surface area contributed by atoms with Crippen molar-refractivity contribution in [3.05, 3.63) is 18.2 Å². The zero-order valence-corrected chi connectivity index (χ0v) is 18.5. The van der Waals surface area contributed by atoms with Gasteiger partial charge in [-0.3, -0.25) is 9.59 Å². The third-order valence-corrected chi connectivity index (χ3v) is 4.73. The normalized spacial score (nSPS) is 13.8. The number of esters is 1. The average Bonchev–Trinajstić information content (AvgIpc) is 2.78. The number of aliphatic carboxylic acids is 2. The fourth-order valence-corrected chi connectivity index (χ4v) is 3.04. The predicted octanol–water partition coefficient (Wildman–Crippen LogP) is 1.46.